The number of thiophene rings is 1. The lowest BCUT2D eigenvalue weighted by molar-refractivity contribution is 1.02. The Morgan fingerprint density at radius 3 is 2.38 bits per heavy atom. The average Bonchev–Trinajstić information content (AvgIpc) is 2.86. The highest BCUT2D eigenvalue weighted by atomic mass is 32.1. The summed E-state index contributed by atoms with van der Waals surface area (Å²) in [5.41, 5.74) is 5.94. The predicted octanol–water partition coefficient (Wildman–Crippen LogP) is 2.79. The molecule has 0 unspecified atom stereocenters. The van der Waals surface area contributed by atoms with Gasteiger partial charge in [0.1, 0.15) is 6.33 Å². The number of nitrogen functional groups attached to an aromatic ring is 1. The van der Waals surface area contributed by atoms with Crippen LogP contribution in [0.4, 0.5) is 5.82 Å². The maximum Gasteiger partial charge on any atom is 0.161 e. The van der Waals surface area contributed by atoms with Crippen molar-refractivity contribution in [2.45, 2.75) is 6.92 Å². The Bertz CT molecular complexity index is 709. The molecule has 110 valence electrons. The van der Waals surface area contributed by atoms with Gasteiger partial charge in [0.05, 0.1) is 10.2 Å². The number of aryl methyl sites for hydroxylation is 1. The normalized spacial score (nSPS) is 10.1. The van der Waals surface area contributed by atoms with Gasteiger partial charge in [-0.05, 0) is 32.1 Å². The summed E-state index contributed by atoms with van der Waals surface area (Å²) >= 11 is 1.66. The van der Waals surface area contributed by atoms with E-state index < -0.39 is 0 Å². The summed E-state index contributed by atoms with van der Waals surface area (Å²) in [6.45, 7) is 2.08. The Balaban J connectivity index is 0.000000497. The van der Waals surface area contributed by atoms with Gasteiger partial charge in [0, 0.05) is 4.88 Å². The molecule has 0 aliphatic rings. The second-order valence-electron chi connectivity index (χ2n) is 4.47. The van der Waals surface area contributed by atoms with Crippen LogP contribution in [-0.4, -0.2) is 24.1 Å². The number of hydrogen-bond donors (Lipinski definition) is 3. The van der Waals surface area contributed by atoms with Gasteiger partial charge in [-0.3, -0.25) is 0 Å². The van der Waals surface area contributed by atoms with Crippen LogP contribution in [0, 0.1) is 6.92 Å². The first-order chi connectivity index (χ1) is 10.2. The topological polar surface area (TPSA) is 75.9 Å². The number of hydrazine groups is 1. The van der Waals surface area contributed by atoms with Crippen molar-refractivity contribution in [3.8, 4) is 10.4 Å². The molecule has 21 heavy (non-hydrogen) atoms. The number of aromatic nitrogens is 2. The molecular formula is C15H19N5S. The van der Waals surface area contributed by atoms with Crippen LogP contribution in [-0.2, 0) is 0 Å². The van der Waals surface area contributed by atoms with Crippen LogP contribution < -0.4 is 16.6 Å². The quantitative estimate of drug-likeness (QED) is 0.501. The van der Waals surface area contributed by atoms with Crippen LogP contribution in [0.15, 0.2) is 36.7 Å². The summed E-state index contributed by atoms with van der Waals surface area (Å²) in [6.07, 6.45) is 1.53. The molecule has 0 saturated heterocycles. The van der Waals surface area contributed by atoms with E-state index in [1.54, 1.807) is 11.3 Å². The third-order valence-electron chi connectivity index (χ3n) is 2.88. The van der Waals surface area contributed by atoms with E-state index in [9.17, 15) is 0 Å². The summed E-state index contributed by atoms with van der Waals surface area (Å²) in [5, 5.41) is 2.75. The molecule has 3 aromatic rings. The Morgan fingerprint density at radius 2 is 1.76 bits per heavy atom. The third-order valence-corrected chi connectivity index (χ3v) is 4.21. The summed E-state index contributed by atoms with van der Waals surface area (Å²) in [7, 11) is 3.75. The fraction of sp³-hybridized carbons (Fsp3) is 0.200. The number of rotatable bonds is 2. The van der Waals surface area contributed by atoms with Gasteiger partial charge in [0.2, 0.25) is 0 Å². The predicted molar refractivity (Wildman–Crippen MR) is 90.4 cm³/mol. The van der Waals surface area contributed by atoms with Gasteiger partial charge in [-0.1, -0.05) is 30.3 Å². The van der Waals surface area contributed by atoms with Gasteiger partial charge < -0.3 is 10.7 Å². The Morgan fingerprint density at radius 1 is 1.10 bits per heavy atom. The maximum absolute atomic E-state index is 5.48. The van der Waals surface area contributed by atoms with E-state index in [4.69, 9.17) is 5.84 Å². The lowest BCUT2D eigenvalue weighted by atomic mass is 10.1. The van der Waals surface area contributed by atoms with Crippen LogP contribution in [0.2, 0.25) is 0 Å². The minimum atomic E-state index is 0.676. The highest BCUT2D eigenvalue weighted by Crippen LogP contribution is 2.39. The first-order valence-corrected chi connectivity index (χ1v) is 7.39. The smallest absolute Gasteiger partial charge is 0.161 e. The number of benzene rings is 1. The number of anilines is 1. The second-order valence-corrected chi connectivity index (χ2v) is 5.49. The van der Waals surface area contributed by atoms with Crippen LogP contribution in [0.3, 0.4) is 0 Å². The standard InChI is InChI=1S/C13H12N4S.C2H7N/c1-8-10-12(13(17-14)16-7-15-10)18-11(8)9-5-3-2-4-6-9;1-3-2/h2-7H,14H2,1H3,(H,15,16,17);3H,1-2H3. The minimum Gasteiger partial charge on any atom is -0.323 e. The van der Waals surface area contributed by atoms with E-state index in [0.29, 0.717) is 5.82 Å². The molecule has 5 nitrogen and oxygen atoms in total. The van der Waals surface area contributed by atoms with Gasteiger partial charge in [-0.2, -0.15) is 0 Å². The zero-order valence-corrected chi connectivity index (χ0v) is 13.2. The zero-order chi connectivity index (χ0) is 15.2. The summed E-state index contributed by atoms with van der Waals surface area (Å²) in [5.74, 6) is 6.16. The van der Waals surface area contributed by atoms with Crippen molar-refractivity contribution in [1.29, 1.82) is 0 Å². The van der Waals surface area contributed by atoms with Gasteiger partial charge in [-0.25, -0.2) is 15.8 Å². The van der Waals surface area contributed by atoms with E-state index >= 15 is 0 Å². The minimum absolute atomic E-state index is 0.676. The monoisotopic (exact) mass is 301 g/mol. The summed E-state index contributed by atoms with van der Waals surface area (Å²) < 4.78 is 0.997. The molecule has 0 amide bonds. The maximum atomic E-state index is 5.48. The molecule has 0 spiro atoms. The largest absolute Gasteiger partial charge is 0.323 e. The molecule has 3 rings (SSSR count). The Hall–Kier alpha value is -2.02. The highest BCUT2D eigenvalue weighted by Gasteiger charge is 2.14. The van der Waals surface area contributed by atoms with Crippen LogP contribution in [0.25, 0.3) is 20.7 Å². The lowest BCUT2D eigenvalue weighted by Gasteiger charge is -1.98. The van der Waals surface area contributed by atoms with Gasteiger partial charge in [0.15, 0.2) is 5.82 Å². The van der Waals surface area contributed by atoms with E-state index in [0.717, 1.165) is 10.2 Å². The lowest BCUT2D eigenvalue weighted by Crippen LogP contribution is -2.08. The van der Waals surface area contributed by atoms with Crippen molar-refractivity contribution in [1.82, 2.24) is 15.3 Å². The fourth-order valence-corrected chi connectivity index (χ4v) is 3.21. The molecule has 4 N–H and O–H groups in total. The van der Waals surface area contributed by atoms with Gasteiger partial charge in [-0.15, -0.1) is 11.3 Å². The Labute approximate surface area is 128 Å². The molecule has 0 bridgehead atoms. The van der Waals surface area contributed by atoms with E-state index in [-0.39, 0.29) is 0 Å². The molecule has 2 heterocycles. The fourth-order valence-electron chi connectivity index (χ4n) is 1.99. The van der Waals surface area contributed by atoms with Crippen LogP contribution in [0.1, 0.15) is 5.56 Å². The second kappa shape index (κ2) is 7.12. The molecule has 0 saturated carbocycles. The number of nitrogens with zero attached hydrogens (tertiary/aromatic N) is 2. The van der Waals surface area contributed by atoms with E-state index in [1.807, 2.05) is 32.3 Å². The molecule has 0 fully saturated rings. The highest BCUT2D eigenvalue weighted by molar-refractivity contribution is 7.23. The first kappa shape index (κ1) is 15.4. The molecule has 2 aromatic heterocycles. The molecule has 0 aliphatic carbocycles. The number of nitrogens with two attached hydrogens (primary N) is 1. The molecular weight excluding hydrogens is 282 g/mol. The molecule has 0 atom stereocenters. The van der Waals surface area contributed by atoms with Crippen molar-refractivity contribution < 1.29 is 0 Å². The number of hydrogen-bond acceptors (Lipinski definition) is 6. The van der Waals surface area contributed by atoms with Crippen molar-refractivity contribution in [2.24, 2.45) is 5.84 Å². The average molecular weight is 301 g/mol. The molecule has 6 heteroatoms. The first-order valence-electron chi connectivity index (χ1n) is 6.57. The van der Waals surface area contributed by atoms with Gasteiger partial charge >= 0.3 is 0 Å². The summed E-state index contributed by atoms with van der Waals surface area (Å²) in [4.78, 5) is 9.69. The van der Waals surface area contributed by atoms with Crippen molar-refractivity contribution >= 4 is 27.4 Å². The number of nitrogens with one attached hydrogen (secondary N) is 2. The van der Waals surface area contributed by atoms with Crippen molar-refractivity contribution in [3.63, 3.8) is 0 Å². The van der Waals surface area contributed by atoms with E-state index in [2.05, 4.69) is 39.8 Å². The van der Waals surface area contributed by atoms with Crippen LogP contribution >= 0.6 is 11.3 Å². The van der Waals surface area contributed by atoms with Crippen molar-refractivity contribution in [3.05, 3.63) is 42.2 Å². The SMILES string of the molecule is CNC.Cc1c(-c2ccccc2)sc2c(NN)ncnc12. The number of fused-ring (bicyclic) bond motifs is 1. The van der Waals surface area contributed by atoms with Crippen LogP contribution in [0.5, 0.6) is 0 Å². The molecule has 1 aromatic carbocycles. The molecule has 0 aliphatic heterocycles. The van der Waals surface area contributed by atoms with Crippen molar-refractivity contribution in [2.75, 3.05) is 19.5 Å². The zero-order valence-electron chi connectivity index (χ0n) is 12.3. The van der Waals surface area contributed by atoms with Gasteiger partial charge in [0.25, 0.3) is 0 Å². The molecule has 0 radical (unpaired) electrons. The van der Waals surface area contributed by atoms with E-state index in [1.165, 1.54) is 22.3 Å². The summed E-state index contributed by atoms with van der Waals surface area (Å²) in [6, 6.07) is 10.3. The Kier molecular flexibility index (Phi) is 5.21. The third kappa shape index (κ3) is 3.18.